The van der Waals surface area contributed by atoms with Crippen molar-refractivity contribution < 1.29 is 16.8 Å². The molecule has 0 aliphatic rings. The van der Waals surface area contributed by atoms with Crippen molar-refractivity contribution in [2.45, 2.75) is 6.92 Å². The molecule has 0 aromatic rings. The minimum atomic E-state index is -3.51. The Morgan fingerprint density at radius 2 is 1.60 bits per heavy atom. The van der Waals surface area contributed by atoms with E-state index >= 15 is 0 Å². The lowest BCUT2D eigenvalue weighted by Crippen LogP contribution is -2.10. The number of hydrogen-bond acceptors (Lipinski definition) is 4. The van der Waals surface area contributed by atoms with E-state index in [1.807, 2.05) is 0 Å². The van der Waals surface area contributed by atoms with Gasteiger partial charge in [-0.2, -0.15) is 0 Å². The van der Waals surface area contributed by atoms with Crippen molar-refractivity contribution in [3.8, 4) is 0 Å². The lowest BCUT2D eigenvalue weighted by Gasteiger charge is -1.95. The molecule has 1 radical (unpaired) electrons. The van der Waals surface area contributed by atoms with Crippen molar-refractivity contribution >= 4 is 19.7 Å². The molecule has 4 nitrogen and oxygen atoms in total. The Hall–Kier alpha value is -0.100. The van der Waals surface area contributed by atoms with Crippen LogP contribution in [0.15, 0.2) is 0 Å². The second-order valence-corrected chi connectivity index (χ2v) is 6.21. The highest BCUT2D eigenvalue weighted by Crippen LogP contribution is 2.00. The SMILES string of the molecule is CCS(=O)(=O)[CH]S(C)(=O)=O. The zero-order chi connectivity index (χ0) is 8.41. The smallest absolute Gasteiger partial charge is 0.193 e. The first-order valence-corrected chi connectivity index (χ1v) is 6.21. The van der Waals surface area contributed by atoms with Gasteiger partial charge < -0.3 is 0 Å². The van der Waals surface area contributed by atoms with Crippen LogP contribution in [0, 0.1) is 5.08 Å². The van der Waals surface area contributed by atoms with Crippen LogP contribution in [0.1, 0.15) is 6.92 Å². The van der Waals surface area contributed by atoms with Crippen molar-refractivity contribution in [1.29, 1.82) is 0 Å². The van der Waals surface area contributed by atoms with Crippen LogP contribution in [0.2, 0.25) is 0 Å². The summed E-state index contributed by atoms with van der Waals surface area (Å²) in [6.07, 6.45) is 0.847. The van der Waals surface area contributed by atoms with Crippen LogP contribution in [0.3, 0.4) is 0 Å². The van der Waals surface area contributed by atoms with Gasteiger partial charge in [0.2, 0.25) is 0 Å². The van der Waals surface area contributed by atoms with Crippen LogP contribution in [0.5, 0.6) is 0 Å². The molecule has 0 aromatic heterocycles. The summed E-state index contributed by atoms with van der Waals surface area (Å²) in [5.74, 6) is -0.180. The first-order valence-electron chi connectivity index (χ1n) is 2.54. The lowest BCUT2D eigenvalue weighted by atomic mass is 11.0. The Morgan fingerprint density at radius 3 is 1.70 bits per heavy atom. The van der Waals surface area contributed by atoms with E-state index in [1.165, 1.54) is 6.92 Å². The quantitative estimate of drug-likeness (QED) is 0.599. The Kier molecular flexibility index (Phi) is 2.85. The van der Waals surface area contributed by atoms with Gasteiger partial charge in [-0.25, -0.2) is 16.8 Å². The van der Waals surface area contributed by atoms with E-state index in [0.717, 1.165) is 6.26 Å². The highest BCUT2D eigenvalue weighted by atomic mass is 32.3. The third-order valence-corrected chi connectivity index (χ3v) is 4.10. The van der Waals surface area contributed by atoms with Gasteiger partial charge in [-0.1, -0.05) is 6.92 Å². The summed E-state index contributed by atoms with van der Waals surface area (Å²) in [4.78, 5) is 0. The molecule has 0 saturated carbocycles. The van der Waals surface area contributed by atoms with Crippen molar-refractivity contribution in [3.05, 3.63) is 5.08 Å². The monoisotopic (exact) mass is 185 g/mol. The van der Waals surface area contributed by atoms with E-state index in [-0.39, 0.29) is 5.75 Å². The maximum absolute atomic E-state index is 10.6. The largest absolute Gasteiger partial charge is 0.228 e. The van der Waals surface area contributed by atoms with Gasteiger partial charge in [0, 0.05) is 12.0 Å². The summed E-state index contributed by atoms with van der Waals surface area (Å²) in [6.45, 7) is 1.39. The summed E-state index contributed by atoms with van der Waals surface area (Å²) < 4.78 is 41.9. The molecule has 0 atom stereocenters. The van der Waals surface area contributed by atoms with E-state index in [2.05, 4.69) is 0 Å². The van der Waals surface area contributed by atoms with Gasteiger partial charge in [-0.15, -0.1) is 0 Å². The van der Waals surface area contributed by atoms with Gasteiger partial charge >= 0.3 is 0 Å². The molecule has 0 fully saturated rings. The van der Waals surface area contributed by atoms with E-state index in [9.17, 15) is 16.8 Å². The maximum atomic E-state index is 10.6. The summed E-state index contributed by atoms with van der Waals surface area (Å²) in [6, 6.07) is 0. The standard InChI is InChI=1S/C4H9O4S2/c1-3-10(7,8)4-9(2,5)6/h4H,3H2,1-2H3. The van der Waals surface area contributed by atoms with Crippen LogP contribution in [0.4, 0.5) is 0 Å². The molecule has 0 amide bonds. The molecular formula is C4H9O4S2. The van der Waals surface area contributed by atoms with Gasteiger partial charge in [0.05, 0.1) is 0 Å². The Morgan fingerprint density at radius 1 is 1.20 bits per heavy atom. The fourth-order valence-electron chi connectivity index (χ4n) is 0.334. The highest BCUT2D eigenvalue weighted by molar-refractivity contribution is 8.11. The number of rotatable bonds is 3. The molecule has 0 aromatic carbocycles. The lowest BCUT2D eigenvalue weighted by molar-refractivity contribution is 0.598. The molecule has 6 heteroatoms. The zero-order valence-electron chi connectivity index (χ0n) is 5.73. The molecule has 10 heavy (non-hydrogen) atoms. The minimum absolute atomic E-state index is 0.180. The third kappa shape index (κ3) is 4.75. The minimum Gasteiger partial charge on any atom is -0.228 e. The van der Waals surface area contributed by atoms with Gasteiger partial charge in [0.15, 0.2) is 24.8 Å². The van der Waals surface area contributed by atoms with Crippen LogP contribution in [-0.2, 0) is 19.7 Å². The van der Waals surface area contributed by atoms with Crippen molar-refractivity contribution in [1.82, 2.24) is 0 Å². The summed E-state index contributed by atoms with van der Waals surface area (Å²) in [7, 11) is -7.00. The molecule has 0 N–H and O–H groups in total. The highest BCUT2D eigenvalue weighted by Gasteiger charge is 2.16. The molecule has 0 bridgehead atoms. The first kappa shape index (κ1) is 9.90. The Bertz CT molecular complexity index is 283. The number of sulfone groups is 2. The predicted molar refractivity (Wildman–Crippen MR) is 38.6 cm³/mol. The summed E-state index contributed by atoms with van der Waals surface area (Å²) in [5.41, 5.74) is 0. The molecule has 0 spiro atoms. The average Bonchev–Trinajstić information content (AvgIpc) is 1.60. The van der Waals surface area contributed by atoms with Gasteiger partial charge in [-0.3, -0.25) is 0 Å². The van der Waals surface area contributed by atoms with Crippen LogP contribution in [0.25, 0.3) is 0 Å². The molecule has 0 saturated heterocycles. The summed E-state index contributed by atoms with van der Waals surface area (Å²) >= 11 is 0. The van der Waals surface area contributed by atoms with Crippen molar-refractivity contribution in [2.24, 2.45) is 0 Å². The van der Waals surface area contributed by atoms with Crippen LogP contribution >= 0.6 is 0 Å². The molecule has 0 aliphatic carbocycles. The predicted octanol–water partition coefficient (Wildman–Crippen LogP) is -0.415. The van der Waals surface area contributed by atoms with Gasteiger partial charge in [-0.05, 0) is 0 Å². The molecular weight excluding hydrogens is 176 g/mol. The summed E-state index contributed by atoms with van der Waals surface area (Å²) in [5, 5.41) is 0.375. The molecule has 0 heterocycles. The second kappa shape index (κ2) is 2.87. The van der Waals surface area contributed by atoms with Crippen LogP contribution < -0.4 is 0 Å². The Balaban J connectivity index is 4.49. The molecule has 0 unspecified atom stereocenters. The van der Waals surface area contributed by atoms with E-state index < -0.39 is 19.7 Å². The van der Waals surface area contributed by atoms with Crippen molar-refractivity contribution in [2.75, 3.05) is 12.0 Å². The second-order valence-electron chi connectivity index (χ2n) is 1.88. The van der Waals surface area contributed by atoms with Gasteiger partial charge in [0.1, 0.15) is 0 Å². The van der Waals surface area contributed by atoms with Gasteiger partial charge in [0.25, 0.3) is 0 Å². The van der Waals surface area contributed by atoms with Crippen molar-refractivity contribution in [3.63, 3.8) is 0 Å². The molecule has 0 aliphatic heterocycles. The maximum Gasteiger partial charge on any atom is 0.193 e. The molecule has 0 rings (SSSR count). The zero-order valence-corrected chi connectivity index (χ0v) is 7.37. The molecule has 61 valence electrons. The third-order valence-electron chi connectivity index (χ3n) is 0.724. The fourth-order valence-corrected chi connectivity index (χ4v) is 3.01. The fraction of sp³-hybridized carbons (Fsp3) is 0.750. The number of hydrogen-bond donors (Lipinski definition) is 0. The van der Waals surface area contributed by atoms with E-state index in [1.54, 1.807) is 0 Å². The average molecular weight is 185 g/mol. The van der Waals surface area contributed by atoms with E-state index in [0.29, 0.717) is 5.08 Å². The first-order chi connectivity index (χ1) is 4.27. The van der Waals surface area contributed by atoms with E-state index in [4.69, 9.17) is 0 Å². The van der Waals surface area contributed by atoms with Crippen LogP contribution in [-0.4, -0.2) is 28.8 Å². The Labute approximate surface area is 61.1 Å². The normalized spacial score (nSPS) is 13.4. The topological polar surface area (TPSA) is 68.3 Å².